The molecule has 1 saturated carbocycles. The zero-order valence-corrected chi connectivity index (χ0v) is 9.51. The molecule has 1 atom stereocenters. The highest BCUT2D eigenvalue weighted by Crippen LogP contribution is 2.43. The Bertz CT molecular complexity index is 423. The Morgan fingerprint density at radius 2 is 2.31 bits per heavy atom. The van der Waals surface area contributed by atoms with E-state index in [1.807, 2.05) is 0 Å². The lowest BCUT2D eigenvalue weighted by Crippen LogP contribution is -2.14. The van der Waals surface area contributed by atoms with E-state index in [0.717, 1.165) is 6.42 Å². The van der Waals surface area contributed by atoms with Crippen LogP contribution in [0.5, 0.6) is 0 Å². The lowest BCUT2D eigenvalue weighted by Gasteiger charge is -2.15. The number of hydrogen-bond donors (Lipinski definition) is 1. The second-order valence-electron chi connectivity index (χ2n) is 4.33. The van der Waals surface area contributed by atoms with Crippen LogP contribution in [-0.4, -0.2) is 14.7 Å². The van der Waals surface area contributed by atoms with E-state index < -0.39 is 4.92 Å². The number of hydrogen-bond acceptors (Lipinski definition) is 4. The molecule has 6 nitrogen and oxygen atoms in total. The first-order valence-electron chi connectivity index (χ1n) is 5.55. The number of aryl methyl sites for hydroxylation is 1. The van der Waals surface area contributed by atoms with Crippen LogP contribution in [0.1, 0.15) is 37.9 Å². The highest BCUT2D eigenvalue weighted by molar-refractivity contribution is 5.56. The minimum atomic E-state index is -0.451. The number of nitrogens with two attached hydrogens (primary N) is 1. The van der Waals surface area contributed by atoms with Crippen molar-refractivity contribution in [3.8, 4) is 0 Å². The third-order valence-corrected chi connectivity index (χ3v) is 3.17. The normalized spacial score (nSPS) is 17.4. The number of aromatic nitrogens is 2. The van der Waals surface area contributed by atoms with Crippen molar-refractivity contribution < 1.29 is 4.92 Å². The van der Waals surface area contributed by atoms with Gasteiger partial charge in [0.25, 0.3) is 0 Å². The minimum Gasteiger partial charge on any atom is -0.378 e. The molecule has 1 aliphatic rings. The first-order chi connectivity index (χ1) is 7.56. The van der Waals surface area contributed by atoms with Gasteiger partial charge in [0, 0.05) is 0 Å². The van der Waals surface area contributed by atoms with E-state index in [-0.39, 0.29) is 17.5 Å². The van der Waals surface area contributed by atoms with E-state index in [1.54, 1.807) is 11.6 Å². The molecule has 88 valence electrons. The van der Waals surface area contributed by atoms with Crippen molar-refractivity contribution in [3.63, 3.8) is 0 Å². The fourth-order valence-electron chi connectivity index (χ4n) is 2.22. The standard InChI is InChI=1S/C10H16N4O2/c1-3-8(7-4-5-7)13-10(11)9(14(15)16)6(2)12-13/h7-8H,3-5,11H2,1-2H3. The largest absolute Gasteiger partial charge is 0.378 e. The molecule has 1 aliphatic carbocycles. The molecule has 0 radical (unpaired) electrons. The average Bonchev–Trinajstić information content (AvgIpc) is 2.96. The second-order valence-corrected chi connectivity index (χ2v) is 4.33. The van der Waals surface area contributed by atoms with Gasteiger partial charge in [-0.05, 0) is 32.1 Å². The minimum absolute atomic E-state index is 0.0425. The number of nitrogens with zero attached hydrogens (tertiary/aromatic N) is 3. The molecular weight excluding hydrogens is 208 g/mol. The molecule has 1 unspecified atom stereocenters. The summed E-state index contributed by atoms with van der Waals surface area (Å²) < 4.78 is 1.64. The molecule has 1 aromatic heterocycles. The van der Waals surface area contributed by atoms with E-state index in [2.05, 4.69) is 12.0 Å². The van der Waals surface area contributed by atoms with Crippen LogP contribution in [0.4, 0.5) is 11.5 Å². The molecule has 6 heteroatoms. The van der Waals surface area contributed by atoms with E-state index in [1.165, 1.54) is 12.8 Å². The lowest BCUT2D eigenvalue weighted by atomic mass is 10.1. The van der Waals surface area contributed by atoms with Crippen LogP contribution in [0.3, 0.4) is 0 Å². The Kier molecular flexibility index (Phi) is 2.57. The summed E-state index contributed by atoms with van der Waals surface area (Å²) in [5.41, 5.74) is 6.17. The van der Waals surface area contributed by atoms with Gasteiger partial charge in [0.05, 0.1) is 11.0 Å². The van der Waals surface area contributed by atoms with Crippen molar-refractivity contribution in [1.82, 2.24) is 9.78 Å². The third kappa shape index (κ3) is 1.64. The van der Waals surface area contributed by atoms with Gasteiger partial charge in [-0.1, -0.05) is 6.92 Å². The molecule has 0 bridgehead atoms. The summed E-state index contributed by atoms with van der Waals surface area (Å²) in [6.45, 7) is 3.69. The second kappa shape index (κ2) is 3.77. The maximum atomic E-state index is 10.8. The van der Waals surface area contributed by atoms with Gasteiger partial charge in [-0.3, -0.25) is 10.1 Å². The first-order valence-corrected chi connectivity index (χ1v) is 5.55. The quantitative estimate of drug-likeness (QED) is 0.626. The van der Waals surface area contributed by atoms with Crippen LogP contribution in [0.15, 0.2) is 0 Å². The SMILES string of the molecule is CCC(C1CC1)n1nc(C)c([N+](=O)[O-])c1N. The third-order valence-electron chi connectivity index (χ3n) is 3.17. The molecule has 2 N–H and O–H groups in total. The smallest absolute Gasteiger partial charge is 0.333 e. The van der Waals surface area contributed by atoms with Crippen molar-refractivity contribution in [2.75, 3.05) is 5.73 Å². The van der Waals surface area contributed by atoms with Crippen LogP contribution in [0.2, 0.25) is 0 Å². The summed E-state index contributed by atoms with van der Waals surface area (Å²) >= 11 is 0. The van der Waals surface area contributed by atoms with Crippen molar-refractivity contribution in [3.05, 3.63) is 15.8 Å². The molecule has 0 aliphatic heterocycles. The molecule has 0 aromatic carbocycles. The maximum absolute atomic E-state index is 10.8. The Hall–Kier alpha value is -1.59. The summed E-state index contributed by atoms with van der Waals surface area (Å²) in [6.07, 6.45) is 3.25. The first kappa shape index (κ1) is 10.9. The Balaban J connectivity index is 2.41. The summed E-state index contributed by atoms with van der Waals surface area (Å²) in [5.74, 6) is 0.785. The number of nitro groups is 1. The fourth-order valence-corrected chi connectivity index (χ4v) is 2.22. The van der Waals surface area contributed by atoms with Crippen LogP contribution in [-0.2, 0) is 0 Å². The summed E-state index contributed by atoms with van der Waals surface area (Å²) in [7, 11) is 0. The van der Waals surface area contributed by atoms with Gasteiger partial charge in [0.2, 0.25) is 5.82 Å². The van der Waals surface area contributed by atoms with Crippen molar-refractivity contribution in [2.45, 2.75) is 39.2 Å². The van der Waals surface area contributed by atoms with Crippen molar-refractivity contribution in [1.29, 1.82) is 0 Å². The molecule has 1 fully saturated rings. The number of nitrogen functional groups attached to an aromatic ring is 1. The van der Waals surface area contributed by atoms with Crippen molar-refractivity contribution >= 4 is 11.5 Å². The summed E-state index contributed by atoms with van der Waals surface area (Å²) in [6, 6.07) is 0.215. The molecule has 0 spiro atoms. The van der Waals surface area contributed by atoms with Gasteiger partial charge < -0.3 is 5.73 Å². The van der Waals surface area contributed by atoms with Gasteiger partial charge in [-0.2, -0.15) is 5.10 Å². The van der Waals surface area contributed by atoms with E-state index in [0.29, 0.717) is 11.6 Å². The molecule has 1 heterocycles. The molecule has 16 heavy (non-hydrogen) atoms. The van der Waals surface area contributed by atoms with Crippen LogP contribution in [0, 0.1) is 23.0 Å². The fraction of sp³-hybridized carbons (Fsp3) is 0.700. The van der Waals surface area contributed by atoms with Gasteiger partial charge in [0.15, 0.2) is 0 Å². The van der Waals surface area contributed by atoms with Crippen LogP contribution < -0.4 is 5.73 Å². The zero-order valence-electron chi connectivity index (χ0n) is 9.51. The summed E-state index contributed by atoms with van der Waals surface area (Å²) in [4.78, 5) is 10.4. The van der Waals surface area contributed by atoms with Gasteiger partial charge in [0.1, 0.15) is 5.69 Å². The van der Waals surface area contributed by atoms with Gasteiger partial charge in [-0.15, -0.1) is 0 Å². The molecule has 2 rings (SSSR count). The molecule has 1 aromatic rings. The topological polar surface area (TPSA) is 87.0 Å². The van der Waals surface area contributed by atoms with Gasteiger partial charge in [-0.25, -0.2) is 4.68 Å². The average molecular weight is 224 g/mol. The Morgan fingerprint density at radius 3 is 2.69 bits per heavy atom. The van der Waals surface area contributed by atoms with E-state index in [9.17, 15) is 10.1 Å². The monoisotopic (exact) mass is 224 g/mol. The van der Waals surface area contributed by atoms with Gasteiger partial charge >= 0.3 is 5.69 Å². The Labute approximate surface area is 93.6 Å². The maximum Gasteiger partial charge on any atom is 0.333 e. The molecule has 0 amide bonds. The molecular formula is C10H16N4O2. The van der Waals surface area contributed by atoms with E-state index >= 15 is 0 Å². The predicted octanol–water partition coefficient (Wildman–Crippen LogP) is 2.04. The number of rotatable bonds is 4. The number of anilines is 1. The summed E-state index contributed by atoms with van der Waals surface area (Å²) in [5, 5.41) is 15.0. The van der Waals surface area contributed by atoms with Crippen molar-refractivity contribution in [2.24, 2.45) is 5.92 Å². The highest BCUT2D eigenvalue weighted by atomic mass is 16.6. The highest BCUT2D eigenvalue weighted by Gasteiger charge is 2.35. The van der Waals surface area contributed by atoms with Crippen LogP contribution in [0.25, 0.3) is 0 Å². The molecule has 0 saturated heterocycles. The zero-order chi connectivity index (χ0) is 11.9. The Morgan fingerprint density at radius 1 is 1.69 bits per heavy atom. The predicted molar refractivity (Wildman–Crippen MR) is 60.1 cm³/mol. The van der Waals surface area contributed by atoms with E-state index in [4.69, 9.17) is 5.73 Å². The lowest BCUT2D eigenvalue weighted by molar-refractivity contribution is -0.384. The van der Waals surface area contributed by atoms with Crippen LogP contribution >= 0.6 is 0 Å².